The van der Waals surface area contributed by atoms with E-state index in [0.717, 1.165) is 11.3 Å². The number of hydrogen-bond acceptors (Lipinski definition) is 6. The van der Waals surface area contributed by atoms with Crippen LogP contribution in [0.25, 0.3) is 16.6 Å². The highest BCUT2D eigenvalue weighted by Crippen LogP contribution is 2.30. The maximum Gasteiger partial charge on any atom is 0.266 e. The van der Waals surface area contributed by atoms with E-state index in [-0.39, 0.29) is 5.56 Å². The minimum atomic E-state index is -0.187. The molecule has 0 bridgehead atoms. The smallest absolute Gasteiger partial charge is 0.266 e. The van der Waals surface area contributed by atoms with Crippen molar-refractivity contribution < 1.29 is 9.26 Å². The molecule has 0 unspecified atom stereocenters. The zero-order chi connectivity index (χ0) is 19.7. The summed E-state index contributed by atoms with van der Waals surface area (Å²) >= 11 is 7.50. The molecule has 28 heavy (non-hydrogen) atoms. The normalized spacial score (nSPS) is 11.1. The summed E-state index contributed by atoms with van der Waals surface area (Å²) in [7, 11) is 1.58. The van der Waals surface area contributed by atoms with E-state index in [0.29, 0.717) is 38.3 Å². The standard InChI is InChI=1S/C20H16ClN3O3S/c1-12-3-6-18(26-2)17(9-12)24-19(25)15-5-4-13(21)10-16(15)22-20(24)28-11-14-7-8-27-23-14/h3-10H,11H2,1-2H3. The van der Waals surface area contributed by atoms with Crippen LogP contribution in [0.15, 0.2) is 63.2 Å². The zero-order valence-corrected chi connectivity index (χ0v) is 16.8. The first-order valence-electron chi connectivity index (χ1n) is 8.46. The lowest BCUT2D eigenvalue weighted by molar-refractivity contribution is 0.411. The van der Waals surface area contributed by atoms with Crippen molar-refractivity contribution in [3.63, 3.8) is 0 Å². The molecule has 4 rings (SSSR count). The summed E-state index contributed by atoms with van der Waals surface area (Å²) < 4.78 is 12.0. The summed E-state index contributed by atoms with van der Waals surface area (Å²) in [6.07, 6.45) is 1.51. The molecule has 0 saturated carbocycles. The third-order valence-electron chi connectivity index (χ3n) is 4.22. The van der Waals surface area contributed by atoms with Crippen LogP contribution in [0.4, 0.5) is 0 Å². The van der Waals surface area contributed by atoms with E-state index in [4.69, 9.17) is 25.8 Å². The summed E-state index contributed by atoms with van der Waals surface area (Å²) in [5, 5.41) is 5.45. The van der Waals surface area contributed by atoms with E-state index in [1.807, 2.05) is 25.1 Å². The Morgan fingerprint density at radius 1 is 1.21 bits per heavy atom. The van der Waals surface area contributed by atoms with Crippen LogP contribution in [-0.4, -0.2) is 21.8 Å². The largest absolute Gasteiger partial charge is 0.495 e. The Morgan fingerprint density at radius 2 is 2.07 bits per heavy atom. The third-order valence-corrected chi connectivity index (χ3v) is 5.42. The molecule has 142 valence electrons. The van der Waals surface area contributed by atoms with Crippen LogP contribution < -0.4 is 10.3 Å². The van der Waals surface area contributed by atoms with Crippen molar-refractivity contribution in [1.82, 2.24) is 14.7 Å². The molecule has 0 aliphatic carbocycles. The Morgan fingerprint density at radius 3 is 2.82 bits per heavy atom. The zero-order valence-electron chi connectivity index (χ0n) is 15.2. The molecule has 0 aliphatic rings. The van der Waals surface area contributed by atoms with Gasteiger partial charge in [0, 0.05) is 16.8 Å². The minimum absolute atomic E-state index is 0.187. The van der Waals surface area contributed by atoms with Crippen molar-refractivity contribution in [2.75, 3.05) is 7.11 Å². The van der Waals surface area contributed by atoms with Crippen molar-refractivity contribution in [3.05, 3.63) is 75.4 Å². The minimum Gasteiger partial charge on any atom is -0.495 e. The van der Waals surface area contributed by atoms with Crippen molar-refractivity contribution in [1.29, 1.82) is 0 Å². The molecular weight excluding hydrogens is 398 g/mol. The number of hydrogen-bond donors (Lipinski definition) is 0. The fourth-order valence-electron chi connectivity index (χ4n) is 2.87. The highest BCUT2D eigenvalue weighted by Gasteiger charge is 2.17. The van der Waals surface area contributed by atoms with Gasteiger partial charge >= 0.3 is 0 Å². The van der Waals surface area contributed by atoms with Crippen LogP contribution in [0.3, 0.4) is 0 Å². The van der Waals surface area contributed by atoms with Crippen molar-refractivity contribution >= 4 is 34.3 Å². The van der Waals surface area contributed by atoms with E-state index in [1.54, 1.807) is 35.9 Å². The molecule has 8 heteroatoms. The predicted molar refractivity (Wildman–Crippen MR) is 110 cm³/mol. The van der Waals surface area contributed by atoms with Gasteiger partial charge in [0.1, 0.15) is 12.0 Å². The molecule has 6 nitrogen and oxygen atoms in total. The molecule has 0 N–H and O–H groups in total. The van der Waals surface area contributed by atoms with Gasteiger partial charge in [-0.2, -0.15) is 0 Å². The van der Waals surface area contributed by atoms with E-state index in [1.165, 1.54) is 18.0 Å². The molecule has 0 fully saturated rings. The second-order valence-corrected chi connectivity index (χ2v) is 7.53. The van der Waals surface area contributed by atoms with E-state index < -0.39 is 0 Å². The number of aromatic nitrogens is 3. The van der Waals surface area contributed by atoms with Gasteiger partial charge < -0.3 is 9.26 Å². The van der Waals surface area contributed by atoms with Crippen LogP contribution in [0.1, 0.15) is 11.3 Å². The lowest BCUT2D eigenvalue weighted by atomic mass is 10.2. The first-order chi connectivity index (χ1) is 13.6. The van der Waals surface area contributed by atoms with Gasteiger partial charge in [-0.3, -0.25) is 9.36 Å². The number of nitrogens with zero attached hydrogens (tertiary/aromatic N) is 3. The van der Waals surface area contributed by atoms with Gasteiger partial charge in [-0.15, -0.1) is 0 Å². The highest BCUT2D eigenvalue weighted by molar-refractivity contribution is 7.98. The SMILES string of the molecule is COc1ccc(C)cc1-n1c(SCc2ccon2)nc2cc(Cl)ccc2c1=O. The van der Waals surface area contributed by atoms with E-state index >= 15 is 0 Å². The highest BCUT2D eigenvalue weighted by atomic mass is 35.5. The molecule has 0 aliphatic heterocycles. The van der Waals surface area contributed by atoms with Crippen LogP contribution in [0.5, 0.6) is 5.75 Å². The van der Waals surface area contributed by atoms with Crippen LogP contribution in [0, 0.1) is 6.92 Å². The molecule has 2 heterocycles. The summed E-state index contributed by atoms with van der Waals surface area (Å²) in [5.74, 6) is 1.09. The van der Waals surface area contributed by atoms with E-state index in [9.17, 15) is 4.79 Å². The van der Waals surface area contributed by atoms with Crippen LogP contribution >= 0.6 is 23.4 Å². The van der Waals surface area contributed by atoms with Gasteiger partial charge in [0.15, 0.2) is 5.16 Å². The molecule has 0 atom stereocenters. The molecule has 2 aromatic carbocycles. The fraction of sp³-hybridized carbons (Fsp3) is 0.150. The van der Waals surface area contributed by atoms with Gasteiger partial charge in [0.25, 0.3) is 5.56 Å². The summed E-state index contributed by atoms with van der Waals surface area (Å²) in [4.78, 5) is 18.1. The topological polar surface area (TPSA) is 70.2 Å². The second-order valence-electron chi connectivity index (χ2n) is 6.15. The number of methoxy groups -OCH3 is 1. The molecule has 0 saturated heterocycles. The van der Waals surface area contributed by atoms with Crippen molar-refractivity contribution in [2.45, 2.75) is 17.8 Å². The first-order valence-corrected chi connectivity index (χ1v) is 9.82. The number of benzene rings is 2. The Balaban J connectivity index is 1.95. The Hall–Kier alpha value is -2.77. The van der Waals surface area contributed by atoms with Crippen LogP contribution in [-0.2, 0) is 5.75 Å². The van der Waals surface area contributed by atoms with Crippen molar-refractivity contribution in [2.24, 2.45) is 0 Å². The van der Waals surface area contributed by atoms with Crippen molar-refractivity contribution in [3.8, 4) is 11.4 Å². The maximum atomic E-state index is 13.4. The molecule has 4 aromatic rings. The molecule has 0 radical (unpaired) electrons. The van der Waals surface area contributed by atoms with E-state index in [2.05, 4.69) is 5.16 Å². The third kappa shape index (κ3) is 3.50. The number of rotatable bonds is 5. The average Bonchev–Trinajstić information content (AvgIpc) is 3.20. The van der Waals surface area contributed by atoms with Gasteiger partial charge in [0.05, 0.1) is 29.4 Å². The maximum absolute atomic E-state index is 13.4. The average molecular weight is 414 g/mol. The number of thioether (sulfide) groups is 1. The Labute approximate surface area is 170 Å². The number of halogens is 1. The number of aryl methyl sites for hydroxylation is 1. The number of fused-ring (bicyclic) bond motifs is 1. The summed E-state index contributed by atoms with van der Waals surface area (Å²) in [6, 6.07) is 12.5. The summed E-state index contributed by atoms with van der Waals surface area (Å²) in [5.41, 5.74) is 2.76. The predicted octanol–water partition coefficient (Wildman–Crippen LogP) is 4.64. The van der Waals surface area contributed by atoms with Crippen LogP contribution in [0.2, 0.25) is 5.02 Å². The molecule has 0 spiro atoms. The van der Waals surface area contributed by atoms with Gasteiger partial charge in [-0.1, -0.05) is 34.6 Å². The summed E-state index contributed by atoms with van der Waals surface area (Å²) in [6.45, 7) is 1.96. The lowest BCUT2D eigenvalue weighted by Gasteiger charge is -2.16. The Kier molecular flexibility index (Phi) is 5.11. The second kappa shape index (κ2) is 7.69. The lowest BCUT2D eigenvalue weighted by Crippen LogP contribution is -2.22. The Bertz CT molecular complexity index is 1210. The quantitative estimate of drug-likeness (QED) is 0.350. The first kappa shape index (κ1) is 18.6. The number of ether oxygens (including phenoxy) is 1. The van der Waals surface area contributed by atoms with Gasteiger partial charge in [-0.05, 0) is 42.8 Å². The van der Waals surface area contributed by atoms with Gasteiger partial charge in [-0.25, -0.2) is 4.98 Å². The monoisotopic (exact) mass is 413 g/mol. The molecular formula is C20H16ClN3O3S. The fourth-order valence-corrected chi connectivity index (χ4v) is 3.94. The molecule has 0 amide bonds. The van der Waals surface area contributed by atoms with Gasteiger partial charge in [0.2, 0.25) is 0 Å². The molecule has 2 aromatic heterocycles.